The zero-order valence-electron chi connectivity index (χ0n) is 12.2. The fourth-order valence-corrected chi connectivity index (χ4v) is 1.92. The molecule has 0 N–H and O–H groups in total. The van der Waals surface area contributed by atoms with Gasteiger partial charge in [0.25, 0.3) is 5.91 Å². The molecule has 0 radical (unpaired) electrons. The molecule has 0 unspecified atom stereocenters. The Bertz CT molecular complexity index is 459. The first kappa shape index (κ1) is 16.2. The van der Waals surface area contributed by atoms with E-state index in [2.05, 4.69) is 4.74 Å². The van der Waals surface area contributed by atoms with E-state index in [0.717, 1.165) is 12.0 Å². The normalized spacial score (nSPS) is 10.2. The molecule has 1 amide bonds. The molecule has 0 aromatic heterocycles. The van der Waals surface area contributed by atoms with Gasteiger partial charge in [0.2, 0.25) is 0 Å². The van der Waals surface area contributed by atoms with Crippen LogP contribution in [0.15, 0.2) is 24.3 Å². The van der Waals surface area contributed by atoms with Crippen LogP contribution in [0.2, 0.25) is 0 Å². The van der Waals surface area contributed by atoms with Crippen LogP contribution in [-0.4, -0.2) is 44.1 Å². The van der Waals surface area contributed by atoms with Gasteiger partial charge in [0.05, 0.1) is 13.7 Å². The average Bonchev–Trinajstić information content (AvgIpc) is 2.47. The quantitative estimate of drug-likeness (QED) is 0.715. The Hall–Kier alpha value is -1.88. The van der Waals surface area contributed by atoms with Crippen LogP contribution in [0.25, 0.3) is 0 Å². The zero-order chi connectivity index (χ0) is 15.0. The molecule has 0 fully saturated rings. The summed E-state index contributed by atoms with van der Waals surface area (Å²) in [6.45, 7) is 2.79. The Kier molecular flexibility index (Phi) is 6.73. The van der Waals surface area contributed by atoms with E-state index >= 15 is 0 Å². The number of hydrogen-bond donors (Lipinski definition) is 0. The minimum Gasteiger partial charge on any atom is -0.468 e. The minimum atomic E-state index is -0.420. The molecule has 20 heavy (non-hydrogen) atoms. The molecule has 0 spiro atoms. The van der Waals surface area contributed by atoms with Gasteiger partial charge in [0, 0.05) is 19.2 Å². The molecule has 0 atom stereocenters. The molecule has 5 nitrogen and oxygen atoms in total. The number of ether oxygens (including phenoxy) is 2. The highest BCUT2D eigenvalue weighted by Gasteiger charge is 2.20. The molecule has 0 aliphatic carbocycles. The van der Waals surface area contributed by atoms with Crippen molar-refractivity contribution in [2.24, 2.45) is 0 Å². The molecule has 0 aliphatic rings. The van der Waals surface area contributed by atoms with Gasteiger partial charge >= 0.3 is 5.97 Å². The van der Waals surface area contributed by atoms with Crippen LogP contribution in [0.5, 0.6) is 0 Å². The smallest absolute Gasteiger partial charge is 0.325 e. The van der Waals surface area contributed by atoms with Crippen molar-refractivity contribution in [3.63, 3.8) is 0 Å². The van der Waals surface area contributed by atoms with Crippen molar-refractivity contribution >= 4 is 11.9 Å². The van der Waals surface area contributed by atoms with E-state index in [4.69, 9.17) is 4.74 Å². The van der Waals surface area contributed by atoms with E-state index < -0.39 is 5.97 Å². The highest BCUT2D eigenvalue weighted by molar-refractivity contribution is 5.97. The maximum absolute atomic E-state index is 12.5. The number of esters is 1. The summed E-state index contributed by atoms with van der Waals surface area (Å²) in [5.41, 5.74) is 1.37. The molecule has 0 saturated carbocycles. The third-order valence-corrected chi connectivity index (χ3v) is 2.88. The van der Waals surface area contributed by atoms with Crippen molar-refractivity contribution in [2.45, 2.75) is 20.0 Å². The van der Waals surface area contributed by atoms with Crippen molar-refractivity contribution in [1.82, 2.24) is 4.90 Å². The van der Waals surface area contributed by atoms with E-state index in [1.54, 1.807) is 19.2 Å². The van der Waals surface area contributed by atoms with Crippen molar-refractivity contribution in [3.8, 4) is 0 Å². The molecular weight excluding hydrogens is 258 g/mol. The maximum Gasteiger partial charge on any atom is 0.325 e. The summed E-state index contributed by atoms with van der Waals surface area (Å²) in [6, 6.07) is 7.25. The van der Waals surface area contributed by atoms with Gasteiger partial charge in [0.1, 0.15) is 6.54 Å². The summed E-state index contributed by atoms with van der Waals surface area (Å²) < 4.78 is 9.73. The van der Waals surface area contributed by atoms with Crippen LogP contribution >= 0.6 is 0 Å². The van der Waals surface area contributed by atoms with Gasteiger partial charge in [0.15, 0.2) is 0 Å². The van der Waals surface area contributed by atoms with Crippen LogP contribution < -0.4 is 0 Å². The first-order valence-corrected chi connectivity index (χ1v) is 6.57. The predicted octanol–water partition coefficient (Wildman–Crippen LogP) is 1.86. The molecule has 1 aromatic rings. The van der Waals surface area contributed by atoms with Crippen LogP contribution in [0, 0.1) is 0 Å². The molecule has 0 aliphatic heterocycles. The lowest BCUT2D eigenvalue weighted by Gasteiger charge is -2.22. The lowest BCUT2D eigenvalue weighted by molar-refractivity contribution is -0.141. The Morgan fingerprint density at radius 1 is 1.20 bits per heavy atom. The zero-order valence-corrected chi connectivity index (χ0v) is 12.2. The number of benzene rings is 1. The number of methoxy groups -OCH3 is 2. The molecule has 1 rings (SSSR count). The summed E-state index contributed by atoms with van der Waals surface area (Å²) >= 11 is 0. The molecule has 0 bridgehead atoms. The van der Waals surface area contributed by atoms with E-state index in [-0.39, 0.29) is 12.5 Å². The summed E-state index contributed by atoms with van der Waals surface area (Å²) in [5.74, 6) is -0.596. The summed E-state index contributed by atoms with van der Waals surface area (Å²) in [4.78, 5) is 25.4. The van der Waals surface area contributed by atoms with Gasteiger partial charge < -0.3 is 14.4 Å². The minimum absolute atomic E-state index is 0.0372. The number of carbonyl (C=O) groups is 2. The highest BCUT2D eigenvalue weighted by atomic mass is 16.5. The second kappa shape index (κ2) is 8.32. The number of amides is 1. The lowest BCUT2D eigenvalue weighted by Crippen LogP contribution is -2.37. The first-order valence-electron chi connectivity index (χ1n) is 6.57. The van der Waals surface area contributed by atoms with Crippen molar-refractivity contribution in [2.75, 3.05) is 27.3 Å². The number of carbonyl (C=O) groups excluding carboxylic acids is 2. The van der Waals surface area contributed by atoms with Gasteiger partial charge in [-0.15, -0.1) is 0 Å². The fraction of sp³-hybridized carbons (Fsp3) is 0.467. The standard InChI is InChI=1S/C15H21NO4/c1-4-9-16(10-14(17)20-3)15(18)13-8-6-5-7-12(13)11-19-2/h5-8H,4,9-11H2,1-3H3. The van der Waals surface area contributed by atoms with Crippen molar-refractivity contribution < 1.29 is 19.1 Å². The summed E-state index contributed by atoms with van der Waals surface area (Å²) in [5, 5.41) is 0. The number of rotatable bonds is 7. The van der Waals surface area contributed by atoms with E-state index in [1.165, 1.54) is 12.0 Å². The molecule has 1 aromatic carbocycles. The van der Waals surface area contributed by atoms with Crippen molar-refractivity contribution in [3.05, 3.63) is 35.4 Å². The fourth-order valence-electron chi connectivity index (χ4n) is 1.92. The van der Waals surface area contributed by atoms with Crippen LogP contribution in [0.4, 0.5) is 0 Å². The molecule has 0 heterocycles. The van der Waals surface area contributed by atoms with E-state index in [1.807, 2.05) is 19.1 Å². The number of nitrogens with zero attached hydrogens (tertiary/aromatic N) is 1. The lowest BCUT2D eigenvalue weighted by atomic mass is 10.1. The predicted molar refractivity (Wildman–Crippen MR) is 75.4 cm³/mol. The topological polar surface area (TPSA) is 55.8 Å². The Morgan fingerprint density at radius 2 is 1.90 bits per heavy atom. The molecule has 0 saturated heterocycles. The van der Waals surface area contributed by atoms with E-state index in [9.17, 15) is 9.59 Å². The Balaban J connectivity index is 2.96. The van der Waals surface area contributed by atoms with Gasteiger partial charge in [-0.25, -0.2) is 0 Å². The largest absolute Gasteiger partial charge is 0.468 e. The molecule has 110 valence electrons. The van der Waals surface area contributed by atoms with Crippen LogP contribution in [0.1, 0.15) is 29.3 Å². The van der Waals surface area contributed by atoms with Gasteiger partial charge in [-0.1, -0.05) is 25.1 Å². The summed E-state index contributed by atoms with van der Waals surface area (Å²) in [6.07, 6.45) is 0.773. The third-order valence-electron chi connectivity index (χ3n) is 2.88. The maximum atomic E-state index is 12.5. The highest BCUT2D eigenvalue weighted by Crippen LogP contribution is 2.13. The number of hydrogen-bond acceptors (Lipinski definition) is 4. The van der Waals surface area contributed by atoms with Gasteiger partial charge in [-0.05, 0) is 18.1 Å². The second-order valence-electron chi connectivity index (χ2n) is 4.39. The SMILES string of the molecule is CCCN(CC(=O)OC)C(=O)c1ccccc1COC. The molecule has 5 heteroatoms. The first-order chi connectivity index (χ1) is 9.63. The third kappa shape index (κ3) is 4.35. The van der Waals surface area contributed by atoms with Crippen LogP contribution in [0.3, 0.4) is 0 Å². The van der Waals surface area contributed by atoms with Crippen molar-refractivity contribution in [1.29, 1.82) is 0 Å². The molecular formula is C15H21NO4. The summed E-state index contributed by atoms with van der Waals surface area (Å²) in [7, 11) is 2.90. The second-order valence-corrected chi connectivity index (χ2v) is 4.39. The van der Waals surface area contributed by atoms with E-state index in [0.29, 0.717) is 18.7 Å². The van der Waals surface area contributed by atoms with Crippen LogP contribution in [-0.2, 0) is 20.9 Å². The van der Waals surface area contributed by atoms with Gasteiger partial charge in [-0.3, -0.25) is 9.59 Å². The monoisotopic (exact) mass is 279 g/mol. The average molecular weight is 279 g/mol. The van der Waals surface area contributed by atoms with Gasteiger partial charge in [-0.2, -0.15) is 0 Å². The Labute approximate surface area is 119 Å². The Morgan fingerprint density at radius 3 is 2.50 bits per heavy atom.